The number of nitrogens with zero attached hydrogens (tertiary/aromatic N) is 1. The maximum Gasteiger partial charge on any atom is 0.162 e. The van der Waals surface area contributed by atoms with Crippen molar-refractivity contribution in [3.63, 3.8) is 0 Å². The number of carbonyl (C=O) groups is 1. The van der Waals surface area contributed by atoms with Gasteiger partial charge in [0.1, 0.15) is 17.9 Å². The predicted molar refractivity (Wildman–Crippen MR) is 156 cm³/mol. The van der Waals surface area contributed by atoms with Gasteiger partial charge in [0.2, 0.25) is 0 Å². The predicted octanol–water partition coefficient (Wildman–Crippen LogP) is 8.28. The van der Waals surface area contributed by atoms with Crippen molar-refractivity contribution in [1.82, 2.24) is 0 Å². The van der Waals surface area contributed by atoms with Crippen molar-refractivity contribution in [2.75, 3.05) is 13.2 Å². The molecule has 0 bridgehead atoms. The zero-order chi connectivity index (χ0) is 27.7. The van der Waals surface area contributed by atoms with Crippen LogP contribution in [-0.4, -0.2) is 25.1 Å². The average molecular weight is 510 g/mol. The maximum atomic E-state index is 12.2. The van der Waals surface area contributed by atoms with Crippen LogP contribution < -0.4 is 4.74 Å². The van der Waals surface area contributed by atoms with Crippen molar-refractivity contribution in [2.24, 2.45) is 0 Å². The summed E-state index contributed by atoms with van der Waals surface area (Å²) < 4.78 is 11.6. The van der Waals surface area contributed by atoms with E-state index in [1.165, 1.54) is 5.56 Å². The molecule has 0 spiro atoms. The van der Waals surface area contributed by atoms with E-state index < -0.39 is 0 Å². The van der Waals surface area contributed by atoms with Gasteiger partial charge in [0, 0.05) is 24.8 Å². The number of Topliss-reactive ketones (excluding diaryl/α,β-unsaturated/α-hetero) is 1. The molecule has 0 unspecified atom stereocenters. The summed E-state index contributed by atoms with van der Waals surface area (Å²) in [6.07, 6.45) is 9.05. The zero-order valence-electron chi connectivity index (χ0n) is 23.4. The first-order chi connectivity index (χ1) is 18.3. The van der Waals surface area contributed by atoms with Crippen molar-refractivity contribution >= 4 is 16.9 Å². The third-order valence-electron chi connectivity index (χ3n) is 7.14. The van der Waals surface area contributed by atoms with Crippen molar-refractivity contribution in [3.05, 3.63) is 100 Å². The highest BCUT2D eigenvalue weighted by Gasteiger charge is 2.18. The van der Waals surface area contributed by atoms with Gasteiger partial charge in [0.05, 0.1) is 18.8 Å². The molecule has 1 aliphatic rings. The molecule has 0 aromatic heterocycles. The first-order valence-electron chi connectivity index (χ1n) is 13.5. The van der Waals surface area contributed by atoms with Crippen LogP contribution >= 0.6 is 0 Å². The molecule has 1 saturated heterocycles. The fourth-order valence-corrected chi connectivity index (χ4v) is 4.79. The number of nitriles is 1. The van der Waals surface area contributed by atoms with Crippen LogP contribution in [0.4, 0.5) is 0 Å². The van der Waals surface area contributed by atoms with E-state index in [1.807, 2.05) is 43.3 Å². The minimum Gasteiger partial charge on any atom is -0.489 e. The third kappa shape index (κ3) is 7.00. The van der Waals surface area contributed by atoms with Crippen LogP contribution in [-0.2, 0) is 11.2 Å². The molecule has 0 saturated carbocycles. The van der Waals surface area contributed by atoms with Gasteiger partial charge in [0.15, 0.2) is 5.78 Å². The van der Waals surface area contributed by atoms with Gasteiger partial charge in [-0.15, -0.1) is 0 Å². The molecule has 1 fully saturated rings. The fourth-order valence-electron chi connectivity index (χ4n) is 4.79. The maximum absolute atomic E-state index is 12.2. The number of ether oxygens (including phenoxy) is 2. The minimum atomic E-state index is 0.0732. The van der Waals surface area contributed by atoms with Crippen LogP contribution in [0.2, 0.25) is 0 Å². The Balaban J connectivity index is 1.95. The monoisotopic (exact) mass is 509 g/mol. The van der Waals surface area contributed by atoms with E-state index in [0.717, 1.165) is 58.2 Å². The second-order valence-corrected chi connectivity index (χ2v) is 9.71. The molecule has 0 aliphatic carbocycles. The summed E-state index contributed by atoms with van der Waals surface area (Å²) in [6, 6.07) is 14.1. The number of hydrogen-bond donors (Lipinski definition) is 0. The molecule has 2 aromatic rings. The summed E-state index contributed by atoms with van der Waals surface area (Å²) in [5.74, 6) is 0.784. The fraction of sp³-hybridized carbons (Fsp3) is 0.353. The zero-order valence-corrected chi connectivity index (χ0v) is 23.4. The molecule has 4 heteroatoms. The topological polar surface area (TPSA) is 59.3 Å². The summed E-state index contributed by atoms with van der Waals surface area (Å²) in [6.45, 7) is 15.6. The van der Waals surface area contributed by atoms with Crippen LogP contribution in [0.5, 0.6) is 5.75 Å². The van der Waals surface area contributed by atoms with E-state index in [9.17, 15) is 10.1 Å². The quantitative estimate of drug-likeness (QED) is 0.239. The molecule has 2 aromatic carbocycles. The number of ketones is 1. The van der Waals surface area contributed by atoms with Gasteiger partial charge in [-0.05, 0) is 84.4 Å². The first-order valence-corrected chi connectivity index (χ1v) is 13.5. The van der Waals surface area contributed by atoms with E-state index in [2.05, 4.69) is 52.5 Å². The lowest BCUT2D eigenvalue weighted by molar-refractivity contribution is 0.0254. The second-order valence-electron chi connectivity index (χ2n) is 9.71. The largest absolute Gasteiger partial charge is 0.489 e. The Kier molecular flexibility index (Phi) is 10.4. The van der Waals surface area contributed by atoms with Crippen molar-refractivity contribution in [2.45, 2.75) is 66.4 Å². The molecular weight excluding hydrogens is 470 g/mol. The van der Waals surface area contributed by atoms with Gasteiger partial charge < -0.3 is 9.47 Å². The number of carbonyl (C=O) groups excluding carboxylic acids is 1. The lowest BCUT2D eigenvalue weighted by atomic mass is 9.91. The number of allylic oxidation sites excluding steroid dienone is 7. The molecule has 38 heavy (non-hydrogen) atoms. The van der Waals surface area contributed by atoms with Crippen molar-refractivity contribution < 1.29 is 14.3 Å². The molecule has 0 radical (unpaired) electrons. The third-order valence-corrected chi connectivity index (χ3v) is 7.14. The number of rotatable bonds is 10. The van der Waals surface area contributed by atoms with E-state index in [0.29, 0.717) is 30.9 Å². The van der Waals surface area contributed by atoms with Crippen molar-refractivity contribution in [3.8, 4) is 11.8 Å². The van der Waals surface area contributed by atoms with Gasteiger partial charge >= 0.3 is 0 Å². The standard InChI is InChI=1S/C34H39NO3/c1-7-10-32(27-12-14-34(29(21-27)22-35)38-30-15-17-37-18-16-30)25(6)23(4)19-24(5)31-13-11-28(33(36)9-3)20-26(31)8-2/h7,10-14,19-21,30H,1,8-9,15-18H2,2-6H3/b24-19+,25-23+,32-10+. The Hall–Kier alpha value is -3.68. The molecule has 3 rings (SSSR count). The van der Waals surface area contributed by atoms with Gasteiger partial charge in [-0.1, -0.05) is 56.9 Å². The Labute approximate surface area is 228 Å². The summed E-state index contributed by atoms with van der Waals surface area (Å²) in [4.78, 5) is 12.2. The van der Waals surface area contributed by atoms with Crippen LogP contribution in [0.1, 0.15) is 86.5 Å². The molecule has 0 atom stereocenters. The first kappa shape index (κ1) is 28.9. The highest BCUT2D eigenvalue weighted by Crippen LogP contribution is 2.32. The molecule has 0 N–H and O–H groups in total. The summed E-state index contributed by atoms with van der Waals surface area (Å²) >= 11 is 0. The van der Waals surface area contributed by atoms with Crippen molar-refractivity contribution in [1.29, 1.82) is 5.26 Å². The molecular formula is C34H39NO3. The highest BCUT2D eigenvalue weighted by atomic mass is 16.5. The van der Waals surface area contributed by atoms with Crippen LogP contribution in [0, 0.1) is 11.3 Å². The molecule has 0 amide bonds. The van der Waals surface area contributed by atoms with Crippen LogP contribution in [0.3, 0.4) is 0 Å². The van der Waals surface area contributed by atoms with E-state index in [4.69, 9.17) is 9.47 Å². The normalized spacial score (nSPS) is 15.5. The van der Waals surface area contributed by atoms with Gasteiger partial charge in [0.25, 0.3) is 0 Å². The summed E-state index contributed by atoms with van der Waals surface area (Å²) in [5, 5.41) is 9.86. The minimum absolute atomic E-state index is 0.0732. The molecule has 1 aliphatic heterocycles. The Morgan fingerprint density at radius 3 is 2.45 bits per heavy atom. The van der Waals surface area contributed by atoms with Gasteiger partial charge in [-0.3, -0.25) is 4.79 Å². The van der Waals surface area contributed by atoms with E-state index in [-0.39, 0.29) is 11.9 Å². The smallest absolute Gasteiger partial charge is 0.162 e. The molecule has 1 heterocycles. The van der Waals surface area contributed by atoms with E-state index >= 15 is 0 Å². The Morgan fingerprint density at radius 2 is 1.82 bits per heavy atom. The molecule has 198 valence electrons. The lowest BCUT2D eigenvalue weighted by Gasteiger charge is -2.24. The summed E-state index contributed by atoms with van der Waals surface area (Å²) in [7, 11) is 0. The average Bonchev–Trinajstić information content (AvgIpc) is 2.95. The Bertz CT molecular complexity index is 1310. The molecule has 4 nitrogen and oxygen atoms in total. The SMILES string of the molecule is C=C\C=C(/C(C)=C(C)/C=C(\C)c1ccc(C(=O)CC)cc1CC)c1ccc(OC2CCOCC2)c(C#N)c1. The highest BCUT2D eigenvalue weighted by molar-refractivity contribution is 5.96. The summed E-state index contributed by atoms with van der Waals surface area (Å²) in [5.41, 5.74) is 8.94. The van der Waals surface area contributed by atoms with Gasteiger partial charge in [-0.25, -0.2) is 0 Å². The van der Waals surface area contributed by atoms with E-state index in [1.54, 1.807) is 6.08 Å². The van der Waals surface area contributed by atoms with Gasteiger partial charge in [-0.2, -0.15) is 5.26 Å². The lowest BCUT2D eigenvalue weighted by Crippen LogP contribution is -2.26. The van der Waals surface area contributed by atoms with Crippen LogP contribution in [0.25, 0.3) is 11.1 Å². The second kappa shape index (κ2) is 13.7. The number of hydrogen-bond acceptors (Lipinski definition) is 4. The number of benzene rings is 2. The Morgan fingerprint density at radius 1 is 1.11 bits per heavy atom. The van der Waals surface area contributed by atoms with Crippen LogP contribution in [0.15, 0.2) is 72.4 Å². The number of aryl methyl sites for hydroxylation is 1.